The van der Waals surface area contributed by atoms with Crippen molar-refractivity contribution in [1.82, 2.24) is 0 Å². The number of hydrogen-bond acceptors (Lipinski definition) is 7. The van der Waals surface area contributed by atoms with Crippen molar-refractivity contribution in [2.75, 3.05) is 6.61 Å². The van der Waals surface area contributed by atoms with Crippen LogP contribution in [0.1, 0.15) is 5.56 Å². The molecule has 1 aromatic carbocycles. The Morgan fingerprint density at radius 1 is 0.600 bits per heavy atom. The van der Waals surface area contributed by atoms with Crippen molar-refractivity contribution in [2.45, 2.75) is 129 Å². The number of benzene rings is 1. The molecule has 0 aromatic heterocycles. The Bertz CT molecular complexity index is 886. The van der Waals surface area contributed by atoms with E-state index < -0.39 is 53.8 Å². The van der Waals surface area contributed by atoms with E-state index in [1.54, 1.807) is 6.21 Å². The molecule has 0 bridgehead atoms. The first-order chi connectivity index (χ1) is 17.9. The highest BCUT2D eigenvalue weighted by atomic mass is 28.4. The molecule has 1 rings (SSSR count). The van der Waals surface area contributed by atoms with E-state index >= 15 is 0 Å². The molecule has 0 saturated carbocycles. The van der Waals surface area contributed by atoms with Gasteiger partial charge in [0.1, 0.15) is 18.8 Å². The lowest BCUT2D eigenvalue weighted by molar-refractivity contribution is -0.0734. The maximum Gasteiger partial charge on any atom is 0.184 e. The third-order valence-electron chi connectivity index (χ3n) is 5.02. The summed E-state index contributed by atoms with van der Waals surface area (Å²) in [5.41, 5.74) is 1.06. The van der Waals surface area contributed by atoms with Crippen molar-refractivity contribution in [3.8, 4) is 0 Å². The molecule has 7 nitrogen and oxygen atoms in total. The molecule has 4 unspecified atom stereocenters. The van der Waals surface area contributed by atoms with Crippen LogP contribution >= 0.6 is 0 Å². The average Bonchev–Trinajstić information content (AvgIpc) is 2.73. The van der Waals surface area contributed by atoms with Crippen LogP contribution in [0.15, 0.2) is 35.5 Å². The fourth-order valence-electron chi connectivity index (χ4n) is 3.85. The second kappa shape index (κ2) is 15.3. The molecule has 0 aliphatic rings. The van der Waals surface area contributed by atoms with E-state index in [1.807, 2.05) is 30.3 Å². The van der Waals surface area contributed by atoms with Gasteiger partial charge in [0.25, 0.3) is 0 Å². The van der Waals surface area contributed by atoms with Crippen LogP contribution in [0.2, 0.25) is 98.2 Å². The predicted molar refractivity (Wildman–Crippen MR) is 182 cm³/mol. The molecule has 40 heavy (non-hydrogen) atoms. The monoisotopic (exact) mass is 645 g/mol. The Labute approximate surface area is 251 Å². The second-order valence-corrected chi connectivity index (χ2v) is 37.6. The van der Waals surface area contributed by atoms with Crippen LogP contribution in [0.3, 0.4) is 0 Å². The van der Waals surface area contributed by atoms with Gasteiger partial charge in [-0.05, 0) is 104 Å². The Kier molecular flexibility index (Phi) is 14.4. The highest BCUT2D eigenvalue weighted by Gasteiger charge is 2.44. The maximum absolute atomic E-state index is 6.99. The van der Waals surface area contributed by atoms with E-state index in [9.17, 15) is 0 Å². The van der Waals surface area contributed by atoms with E-state index in [0.717, 1.165) is 5.56 Å². The molecule has 0 N–H and O–H groups in total. The first-order valence-corrected chi connectivity index (χ1v) is 31.5. The zero-order valence-electron chi connectivity index (χ0n) is 28.1. The zero-order valence-corrected chi connectivity index (χ0v) is 33.1. The van der Waals surface area contributed by atoms with Crippen molar-refractivity contribution in [2.24, 2.45) is 5.16 Å². The van der Waals surface area contributed by atoms with Gasteiger partial charge in [-0.1, -0.05) is 35.5 Å². The normalized spacial score (nSPS) is 17.1. The van der Waals surface area contributed by atoms with Crippen LogP contribution in [0, 0.1) is 0 Å². The Hall–Kier alpha value is -0.426. The summed E-state index contributed by atoms with van der Waals surface area (Å²) >= 11 is 0. The SMILES string of the molecule is C[Si](C)(C)OCC(O[Si](C)(C)C)C(O[Si](C)(C)C)C(O[Si](C)(C)C)C(/C=N/OCc1ccccc1)O[Si](C)(C)C. The topological polar surface area (TPSA) is 67.7 Å². The van der Waals surface area contributed by atoms with Gasteiger partial charge in [-0.15, -0.1) is 0 Å². The molecule has 0 radical (unpaired) electrons. The van der Waals surface area contributed by atoms with Crippen molar-refractivity contribution in [1.29, 1.82) is 0 Å². The third-order valence-corrected chi connectivity index (χ3v) is 10.0. The molecule has 4 atom stereocenters. The second-order valence-electron chi connectivity index (χ2n) is 15.3. The molecule has 0 heterocycles. The van der Waals surface area contributed by atoms with E-state index in [0.29, 0.717) is 13.2 Å². The Morgan fingerprint density at radius 2 is 1.07 bits per heavy atom. The van der Waals surface area contributed by atoms with Crippen molar-refractivity contribution >= 4 is 47.8 Å². The molecule has 232 valence electrons. The molecule has 0 amide bonds. The average molecular weight is 646 g/mol. The maximum atomic E-state index is 6.99. The van der Waals surface area contributed by atoms with Gasteiger partial charge in [0, 0.05) is 0 Å². The molecule has 0 fully saturated rings. The van der Waals surface area contributed by atoms with Gasteiger partial charge < -0.3 is 27.0 Å². The lowest BCUT2D eigenvalue weighted by Crippen LogP contribution is -2.60. The fraction of sp³-hybridized carbons (Fsp3) is 0.750. The van der Waals surface area contributed by atoms with E-state index in [-0.39, 0.29) is 12.2 Å². The number of rotatable bonds is 18. The largest absolute Gasteiger partial charge is 0.415 e. The molecule has 1 aromatic rings. The van der Waals surface area contributed by atoms with Crippen LogP contribution in [0.25, 0.3) is 0 Å². The summed E-state index contributed by atoms with van der Waals surface area (Å²) in [5, 5.41) is 4.41. The van der Waals surface area contributed by atoms with Gasteiger partial charge in [-0.3, -0.25) is 0 Å². The van der Waals surface area contributed by atoms with Crippen LogP contribution in [-0.2, 0) is 33.6 Å². The summed E-state index contributed by atoms with van der Waals surface area (Å²) < 4.78 is 34.1. The van der Waals surface area contributed by atoms with E-state index in [4.69, 9.17) is 27.0 Å². The summed E-state index contributed by atoms with van der Waals surface area (Å²) in [5.74, 6) is 0. The summed E-state index contributed by atoms with van der Waals surface area (Å²) in [6.45, 7) is 33.9. The van der Waals surface area contributed by atoms with Gasteiger partial charge in [-0.25, -0.2) is 0 Å². The molecule has 12 heteroatoms. The highest BCUT2D eigenvalue weighted by Crippen LogP contribution is 2.28. The Balaban J connectivity index is 3.59. The van der Waals surface area contributed by atoms with Crippen molar-refractivity contribution in [3.63, 3.8) is 0 Å². The first kappa shape index (κ1) is 37.6. The van der Waals surface area contributed by atoms with Gasteiger partial charge >= 0.3 is 0 Å². The molecule has 0 spiro atoms. The minimum Gasteiger partial charge on any atom is -0.415 e. The molecule has 0 aliphatic carbocycles. The Morgan fingerprint density at radius 3 is 1.52 bits per heavy atom. The summed E-state index contributed by atoms with van der Waals surface area (Å²) in [6, 6.07) is 10.0. The fourth-order valence-corrected chi connectivity index (χ4v) is 8.83. The minimum atomic E-state index is -2.07. The third kappa shape index (κ3) is 18.2. The number of oxime groups is 1. The van der Waals surface area contributed by atoms with Crippen LogP contribution in [0.4, 0.5) is 0 Å². The molecule has 0 saturated heterocycles. The predicted octanol–water partition coefficient (Wildman–Crippen LogP) is 7.92. The summed E-state index contributed by atoms with van der Waals surface area (Å²) in [4.78, 5) is 5.74. The van der Waals surface area contributed by atoms with Gasteiger partial charge in [0.2, 0.25) is 0 Å². The molecule has 0 aliphatic heterocycles. The lowest BCUT2D eigenvalue weighted by Gasteiger charge is -2.45. The van der Waals surface area contributed by atoms with E-state index in [1.165, 1.54) is 0 Å². The minimum absolute atomic E-state index is 0.294. The van der Waals surface area contributed by atoms with Crippen molar-refractivity contribution < 1.29 is 27.0 Å². The first-order valence-electron chi connectivity index (χ1n) is 14.5. The number of nitrogens with zero attached hydrogens (tertiary/aromatic N) is 1. The van der Waals surface area contributed by atoms with Gasteiger partial charge in [-0.2, -0.15) is 0 Å². The van der Waals surface area contributed by atoms with Crippen LogP contribution < -0.4 is 0 Å². The highest BCUT2D eigenvalue weighted by molar-refractivity contribution is 6.71. The number of hydrogen-bond donors (Lipinski definition) is 0. The molecular weight excluding hydrogens is 587 g/mol. The van der Waals surface area contributed by atoms with Crippen LogP contribution in [-0.4, -0.2) is 78.8 Å². The smallest absolute Gasteiger partial charge is 0.184 e. The van der Waals surface area contributed by atoms with Gasteiger partial charge in [0.15, 0.2) is 41.6 Å². The van der Waals surface area contributed by atoms with E-state index in [2.05, 4.69) is 103 Å². The quantitative estimate of drug-likeness (QED) is 0.0918. The summed E-state index contributed by atoms with van der Waals surface area (Å²) in [7, 11) is -9.94. The van der Waals surface area contributed by atoms with Crippen molar-refractivity contribution in [3.05, 3.63) is 35.9 Å². The molecular formula is C28H59NO6Si5. The van der Waals surface area contributed by atoms with Gasteiger partial charge in [0.05, 0.1) is 25.0 Å². The standard InChI is InChI=1S/C28H59NO6Si5/c1-36(2,3)31-23-26(33-38(7,8)9)28(35-40(13,14)15)27(34-39(10,11)12)25(32-37(4,5)6)21-29-30-22-24-19-17-16-18-20-24/h16-21,25-28H,22-23H2,1-15H3/b29-21+. The lowest BCUT2D eigenvalue weighted by atomic mass is 10.0. The van der Waals surface area contributed by atoms with Crippen LogP contribution in [0.5, 0.6) is 0 Å². The zero-order chi connectivity index (χ0) is 31.0. The summed E-state index contributed by atoms with van der Waals surface area (Å²) in [6.07, 6.45) is 0.203.